The number of pyridine rings is 1. The predicted molar refractivity (Wildman–Crippen MR) is 80.3 cm³/mol. The van der Waals surface area contributed by atoms with E-state index in [1.54, 1.807) is 19.5 Å². The third-order valence-electron chi connectivity index (χ3n) is 2.98. The van der Waals surface area contributed by atoms with Gasteiger partial charge in [0.25, 0.3) is 0 Å². The van der Waals surface area contributed by atoms with Crippen LogP contribution >= 0.6 is 15.9 Å². The zero-order valence-corrected chi connectivity index (χ0v) is 12.4. The van der Waals surface area contributed by atoms with Gasteiger partial charge in [-0.1, -0.05) is 15.9 Å². The van der Waals surface area contributed by atoms with Gasteiger partial charge in [0.2, 0.25) is 0 Å². The van der Waals surface area contributed by atoms with Gasteiger partial charge >= 0.3 is 0 Å². The molecule has 100 valence electrons. The average Bonchev–Trinajstić information content (AvgIpc) is 2.42. The van der Waals surface area contributed by atoms with Gasteiger partial charge in [-0.15, -0.1) is 0 Å². The van der Waals surface area contributed by atoms with Crippen LogP contribution in [0.15, 0.2) is 47.2 Å². The monoisotopic (exact) mass is 320 g/mol. The lowest BCUT2D eigenvalue weighted by molar-refractivity contribution is 0.414. The standard InChI is InChI=1S/C15H17BrN2O/c1-19-14-2-3-15(16)12(10-14)9-13(17)8-11-4-6-18-7-5-11/h2-7,10,13H,8-9,17H2,1H3. The minimum Gasteiger partial charge on any atom is -0.497 e. The molecule has 0 bridgehead atoms. The number of nitrogens with zero attached hydrogens (tertiary/aromatic N) is 1. The first-order valence-corrected chi connectivity index (χ1v) is 6.95. The van der Waals surface area contributed by atoms with Crippen LogP contribution in [-0.4, -0.2) is 18.1 Å². The van der Waals surface area contributed by atoms with Crippen LogP contribution in [-0.2, 0) is 12.8 Å². The van der Waals surface area contributed by atoms with Crippen LogP contribution in [0.25, 0.3) is 0 Å². The highest BCUT2D eigenvalue weighted by atomic mass is 79.9. The number of ether oxygens (including phenoxy) is 1. The van der Waals surface area contributed by atoms with Gasteiger partial charge < -0.3 is 10.5 Å². The largest absolute Gasteiger partial charge is 0.497 e. The molecule has 0 amide bonds. The van der Waals surface area contributed by atoms with Crippen molar-refractivity contribution in [3.8, 4) is 5.75 Å². The zero-order chi connectivity index (χ0) is 13.7. The molecule has 0 saturated carbocycles. The zero-order valence-electron chi connectivity index (χ0n) is 10.8. The molecule has 0 aliphatic rings. The van der Waals surface area contributed by atoms with Crippen LogP contribution in [0.5, 0.6) is 5.75 Å². The number of halogens is 1. The van der Waals surface area contributed by atoms with E-state index in [1.165, 1.54) is 11.1 Å². The number of hydrogen-bond acceptors (Lipinski definition) is 3. The Morgan fingerprint density at radius 1 is 1.21 bits per heavy atom. The van der Waals surface area contributed by atoms with E-state index >= 15 is 0 Å². The molecule has 1 atom stereocenters. The topological polar surface area (TPSA) is 48.1 Å². The Hall–Kier alpha value is -1.39. The molecule has 2 N–H and O–H groups in total. The molecule has 0 saturated heterocycles. The van der Waals surface area contributed by atoms with Crippen molar-refractivity contribution in [1.29, 1.82) is 0 Å². The highest BCUT2D eigenvalue weighted by Gasteiger charge is 2.09. The molecule has 4 heteroatoms. The lowest BCUT2D eigenvalue weighted by Crippen LogP contribution is -2.25. The summed E-state index contributed by atoms with van der Waals surface area (Å²) < 4.78 is 6.31. The summed E-state index contributed by atoms with van der Waals surface area (Å²) >= 11 is 3.55. The summed E-state index contributed by atoms with van der Waals surface area (Å²) in [5.74, 6) is 0.856. The predicted octanol–water partition coefficient (Wildman–Crippen LogP) is 2.97. The number of nitrogens with two attached hydrogens (primary N) is 1. The Morgan fingerprint density at radius 2 is 1.95 bits per heavy atom. The maximum Gasteiger partial charge on any atom is 0.119 e. The van der Waals surface area contributed by atoms with E-state index in [0.717, 1.165) is 23.1 Å². The maximum absolute atomic E-state index is 6.22. The van der Waals surface area contributed by atoms with E-state index in [4.69, 9.17) is 10.5 Å². The minimum atomic E-state index is 0.0748. The molecule has 3 nitrogen and oxygen atoms in total. The maximum atomic E-state index is 6.22. The van der Waals surface area contributed by atoms with E-state index in [0.29, 0.717) is 0 Å². The number of methoxy groups -OCH3 is 1. The Morgan fingerprint density at radius 3 is 2.63 bits per heavy atom. The van der Waals surface area contributed by atoms with Crippen molar-refractivity contribution in [1.82, 2.24) is 4.98 Å². The van der Waals surface area contributed by atoms with Crippen LogP contribution in [0.2, 0.25) is 0 Å². The molecular formula is C15H17BrN2O. The van der Waals surface area contributed by atoms with Crippen LogP contribution in [0.1, 0.15) is 11.1 Å². The smallest absolute Gasteiger partial charge is 0.119 e. The highest BCUT2D eigenvalue weighted by molar-refractivity contribution is 9.10. The summed E-state index contributed by atoms with van der Waals surface area (Å²) in [6, 6.07) is 10.0. The highest BCUT2D eigenvalue weighted by Crippen LogP contribution is 2.23. The second kappa shape index (κ2) is 6.68. The molecule has 0 aliphatic carbocycles. The van der Waals surface area contributed by atoms with Gasteiger partial charge in [-0.3, -0.25) is 4.98 Å². The quantitative estimate of drug-likeness (QED) is 0.921. The average molecular weight is 321 g/mol. The summed E-state index contributed by atoms with van der Waals surface area (Å²) in [7, 11) is 1.67. The molecule has 1 aromatic carbocycles. The van der Waals surface area contributed by atoms with E-state index in [2.05, 4.69) is 20.9 Å². The molecule has 1 unspecified atom stereocenters. The van der Waals surface area contributed by atoms with Gasteiger partial charge in [0.05, 0.1) is 7.11 Å². The van der Waals surface area contributed by atoms with Crippen molar-refractivity contribution < 1.29 is 4.74 Å². The Bertz CT molecular complexity index is 531. The molecular weight excluding hydrogens is 304 g/mol. The first-order valence-electron chi connectivity index (χ1n) is 6.16. The third-order valence-corrected chi connectivity index (χ3v) is 3.76. The molecule has 0 spiro atoms. The third kappa shape index (κ3) is 4.04. The van der Waals surface area contributed by atoms with E-state index < -0.39 is 0 Å². The summed E-state index contributed by atoms with van der Waals surface area (Å²) in [5.41, 5.74) is 8.59. The van der Waals surface area contributed by atoms with Crippen molar-refractivity contribution in [2.45, 2.75) is 18.9 Å². The number of aromatic nitrogens is 1. The van der Waals surface area contributed by atoms with Crippen LogP contribution in [0.4, 0.5) is 0 Å². The molecule has 0 aliphatic heterocycles. The van der Waals surface area contributed by atoms with Crippen LogP contribution < -0.4 is 10.5 Å². The van der Waals surface area contributed by atoms with Gasteiger partial charge in [-0.05, 0) is 54.3 Å². The fourth-order valence-corrected chi connectivity index (χ4v) is 2.42. The van der Waals surface area contributed by atoms with Gasteiger partial charge in [-0.25, -0.2) is 0 Å². The van der Waals surface area contributed by atoms with Gasteiger partial charge in [0, 0.05) is 22.9 Å². The number of hydrogen-bond donors (Lipinski definition) is 1. The second-order valence-electron chi connectivity index (χ2n) is 4.48. The van der Waals surface area contributed by atoms with Crippen LogP contribution in [0, 0.1) is 0 Å². The van der Waals surface area contributed by atoms with Crippen molar-refractivity contribution in [2.24, 2.45) is 5.73 Å². The normalized spacial score (nSPS) is 12.2. The number of rotatable bonds is 5. The lowest BCUT2D eigenvalue weighted by Gasteiger charge is -2.14. The summed E-state index contributed by atoms with van der Waals surface area (Å²) in [6.45, 7) is 0. The summed E-state index contributed by atoms with van der Waals surface area (Å²) in [6.07, 6.45) is 5.24. The van der Waals surface area contributed by atoms with E-state index in [-0.39, 0.29) is 6.04 Å². The first kappa shape index (κ1) is 14.0. The van der Waals surface area contributed by atoms with Crippen molar-refractivity contribution >= 4 is 15.9 Å². The lowest BCUT2D eigenvalue weighted by atomic mass is 10.0. The SMILES string of the molecule is COc1ccc(Br)c(CC(N)Cc2ccncc2)c1. The second-order valence-corrected chi connectivity index (χ2v) is 5.34. The van der Waals surface area contributed by atoms with Crippen molar-refractivity contribution in [2.75, 3.05) is 7.11 Å². The van der Waals surface area contributed by atoms with Gasteiger partial charge in [0.15, 0.2) is 0 Å². The molecule has 1 aromatic heterocycles. The Balaban J connectivity index is 2.04. The molecule has 2 aromatic rings. The van der Waals surface area contributed by atoms with Crippen molar-refractivity contribution in [3.05, 3.63) is 58.3 Å². The summed E-state index contributed by atoms with van der Waals surface area (Å²) in [4.78, 5) is 4.01. The molecule has 0 radical (unpaired) electrons. The van der Waals surface area contributed by atoms with E-state index in [1.807, 2.05) is 30.3 Å². The number of benzene rings is 1. The van der Waals surface area contributed by atoms with Gasteiger partial charge in [-0.2, -0.15) is 0 Å². The Labute approximate surface area is 121 Å². The fourth-order valence-electron chi connectivity index (χ4n) is 2.01. The van der Waals surface area contributed by atoms with Crippen molar-refractivity contribution in [3.63, 3.8) is 0 Å². The Kier molecular flexibility index (Phi) is 4.93. The molecule has 1 heterocycles. The van der Waals surface area contributed by atoms with Crippen LogP contribution in [0.3, 0.4) is 0 Å². The minimum absolute atomic E-state index is 0.0748. The molecule has 19 heavy (non-hydrogen) atoms. The fraction of sp³-hybridized carbons (Fsp3) is 0.267. The summed E-state index contributed by atoms with van der Waals surface area (Å²) in [5, 5.41) is 0. The molecule has 0 fully saturated rings. The first-order chi connectivity index (χ1) is 9.19. The molecule has 2 rings (SSSR count). The van der Waals surface area contributed by atoms with E-state index in [9.17, 15) is 0 Å². The van der Waals surface area contributed by atoms with Gasteiger partial charge in [0.1, 0.15) is 5.75 Å².